The van der Waals surface area contributed by atoms with E-state index in [1.807, 2.05) is 18.2 Å². The number of likely N-dealkylation sites (N-methyl/N-ethyl adjacent to an activating group) is 4. The van der Waals surface area contributed by atoms with Gasteiger partial charge in [0, 0.05) is 48.4 Å². The summed E-state index contributed by atoms with van der Waals surface area (Å²) in [6.07, 6.45) is 10.3. The second-order valence-electron chi connectivity index (χ2n) is 16.8. The van der Waals surface area contributed by atoms with Gasteiger partial charge in [0.25, 0.3) is 0 Å². The average Bonchev–Trinajstić information content (AvgIpc) is 2.98. The number of para-hydroxylation sites is 1. The lowest BCUT2D eigenvalue weighted by Gasteiger charge is -2.41. The lowest BCUT2D eigenvalue weighted by Crippen LogP contribution is -2.49. The fraction of sp³-hybridized carbons (Fsp3) is 0.707. The van der Waals surface area contributed by atoms with E-state index < -0.39 is 0 Å². The van der Waals surface area contributed by atoms with Gasteiger partial charge in [-0.2, -0.15) is 0 Å². The average molecular weight is 653 g/mol. The number of phenolic OH excluding ortho intramolecular Hbond substituents is 2. The monoisotopic (exact) mass is 653 g/mol. The van der Waals surface area contributed by atoms with E-state index in [0.717, 1.165) is 29.8 Å². The van der Waals surface area contributed by atoms with Gasteiger partial charge >= 0.3 is 0 Å². The van der Waals surface area contributed by atoms with Crippen LogP contribution in [-0.2, 0) is 23.9 Å². The van der Waals surface area contributed by atoms with Crippen molar-refractivity contribution in [3.05, 3.63) is 58.7 Å². The van der Waals surface area contributed by atoms with Crippen LogP contribution in [0.3, 0.4) is 0 Å². The van der Waals surface area contributed by atoms with Gasteiger partial charge in [0.1, 0.15) is 11.5 Å². The SMILES string of the molecule is C.CN(C)[C@@H]1CCCC[C@H]1N(C)Cc1cc(C(C)(C)C)cc(C(C)(C)C)c1O.CN(C)[C@@H]1CCCC[C@H]1N(C)Cc1ccccc1O. The number of phenols is 2. The molecule has 0 bridgehead atoms. The normalized spacial score (nSPS) is 22.3. The predicted octanol–water partition coefficient (Wildman–Crippen LogP) is 8.62. The lowest BCUT2D eigenvalue weighted by atomic mass is 9.78. The van der Waals surface area contributed by atoms with E-state index in [-0.39, 0.29) is 18.3 Å². The third-order valence-corrected chi connectivity index (χ3v) is 10.5. The summed E-state index contributed by atoms with van der Waals surface area (Å²) in [5.74, 6) is 0.895. The van der Waals surface area contributed by atoms with Gasteiger partial charge < -0.3 is 20.0 Å². The summed E-state index contributed by atoms with van der Waals surface area (Å²) in [5, 5.41) is 21.0. The van der Waals surface area contributed by atoms with Crippen LogP contribution >= 0.6 is 0 Å². The Morgan fingerprint density at radius 1 is 0.596 bits per heavy atom. The minimum Gasteiger partial charge on any atom is -0.508 e. The molecule has 2 N–H and O–H groups in total. The fourth-order valence-corrected chi connectivity index (χ4v) is 7.65. The summed E-state index contributed by atoms with van der Waals surface area (Å²) in [6.45, 7) is 14.9. The van der Waals surface area contributed by atoms with Crippen LogP contribution in [0, 0.1) is 0 Å². The third kappa shape index (κ3) is 11.2. The summed E-state index contributed by atoms with van der Waals surface area (Å²) in [6, 6.07) is 14.5. The van der Waals surface area contributed by atoms with Crippen LogP contribution < -0.4 is 0 Å². The molecule has 0 aliphatic heterocycles. The van der Waals surface area contributed by atoms with E-state index in [1.54, 1.807) is 6.07 Å². The van der Waals surface area contributed by atoms with Crippen molar-refractivity contribution in [2.45, 2.75) is 148 Å². The minimum absolute atomic E-state index is 0. The van der Waals surface area contributed by atoms with Crippen molar-refractivity contribution in [1.82, 2.24) is 19.6 Å². The number of aromatic hydroxyl groups is 2. The van der Waals surface area contributed by atoms with Gasteiger partial charge in [-0.1, -0.05) is 105 Å². The van der Waals surface area contributed by atoms with Gasteiger partial charge in [0.2, 0.25) is 0 Å². The van der Waals surface area contributed by atoms with E-state index in [1.165, 1.54) is 56.9 Å². The Morgan fingerprint density at radius 2 is 1.02 bits per heavy atom. The summed E-state index contributed by atoms with van der Waals surface area (Å²) in [4.78, 5) is 9.61. The maximum absolute atomic E-state index is 11.1. The highest BCUT2D eigenvalue weighted by Crippen LogP contribution is 2.39. The summed E-state index contributed by atoms with van der Waals surface area (Å²) < 4.78 is 0. The predicted molar refractivity (Wildman–Crippen MR) is 203 cm³/mol. The molecular formula is C41H72N4O2. The largest absolute Gasteiger partial charge is 0.508 e. The van der Waals surface area contributed by atoms with Crippen LogP contribution in [0.2, 0.25) is 0 Å². The molecule has 0 unspecified atom stereocenters. The molecule has 6 heteroatoms. The quantitative estimate of drug-likeness (QED) is 0.298. The highest BCUT2D eigenvalue weighted by Gasteiger charge is 2.32. The molecular weight excluding hydrogens is 580 g/mol. The van der Waals surface area contributed by atoms with E-state index in [4.69, 9.17) is 0 Å². The highest BCUT2D eigenvalue weighted by molar-refractivity contribution is 5.48. The Bertz CT molecular complexity index is 1230. The maximum atomic E-state index is 11.1. The first kappa shape index (κ1) is 41.1. The molecule has 2 aliphatic rings. The summed E-state index contributed by atoms with van der Waals surface area (Å²) in [5.41, 5.74) is 4.45. The van der Waals surface area contributed by atoms with Crippen molar-refractivity contribution in [3.63, 3.8) is 0 Å². The molecule has 6 nitrogen and oxygen atoms in total. The van der Waals surface area contributed by atoms with Crippen molar-refractivity contribution in [2.24, 2.45) is 0 Å². The number of hydrogen-bond acceptors (Lipinski definition) is 6. The van der Waals surface area contributed by atoms with E-state index in [0.29, 0.717) is 35.7 Å². The molecule has 2 saturated carbocycles. The molecule has 2 aromatic rings. The number of hydrogen-bond donors (Lipinski definition) is 2. The van der Waals surface area contributed by atoms with Crippen molar-refractivity contribution in [3.8, 4) is 11.5 Å². The standard InChI is InChI=1S/C24H42N2O.C16H26N2O.CH4/c1-23(2,3)18-14-17(22(27)19(15-18)24(4,5)6)16-26(9)21-13-11-10-12-20(21)25(7)8;1-17(2)14-9-5-6-10-15(14)18(3)12-13-8-4-7-11-16(13)19;/h14-15,20-21,27H,10-13,16H2,1-9H3;4,7-8,11,14-15,19H,5-6,9-10,12H2,1-3H3;1H4/t20-,21-;14-,15-;/m11./s1. The Morgan fingerprint density at radius 3 is 1.43 bits per heavy atom. The maximum Gasteiger partial charge on any atom is 0.123 e. The number of nitrogens with zero attached hydrogens (tertiary/aromatic N) is 4. The molecule has 0 saturated heterocycles. The van der Waals surface area contributed by atoms with Gasteiger partial charge in [-0.25, -0.2) is 0 Å². The van der Waals surface area contributed by atoms with Gasteiger partial charge in [0.05, 0.1) is 0 Å². The van der Waals surface area contributed by atoms with E-state index >= 15 is 0 Å². The molecule has 268 valence electrons. The smallest absolute Gasteiger partial charge is 0.123 e. The van der Waals surface area contributed by atoms with Crippen molar-refractivity contribution in [2.75, 3.05) is 42.3 Å². The van der Waals surface area contributed by atoms with Crippen LogP contribution in [0.5, 0.6) is 11.5 Å². The topological polar surface area (TPSA) is 53.4 Å². The van der Waals surface area contributed by atoms with E-state index in [2.05, 4.69) is 116 Å². The number of rotatable bonds is 8. The van der Waals surface area contributed by atoms with Crippen molar-refractivity contribution >= 4 is 0 Å². The zero-order valence-electron chi connectivity index (χ0n) is 31.5. The van der Waals surface area contributed by atoms with Crippen LogP contribution in [0.4, 0.5) is 0 Å². The van der Waals surface area contributed by atoms with Gasteiger partial charge in [-0.3, -0.25) is 9.80 Å². The second kappa shape index (κ2) is 17.5. The van der Waals surface area contributed by atoms with Crippen molar-refractivity contribution in [1.29, 1.82) is 0 Å². The van der Waals surface area contributed by atoms with Crippen LogP contribution in [0.1, 0.15) is 123 Å². The molecule has 2 fully saturated rings. The Hall–Kier alpha value is -2.12. The highest BCUT2D eigenvalue weighted by atomic mass is 16.3. The van der Waals surface area contributed by atoms with Gasteiger partial charge in [0.15, 0.2) is 0 Å². The zero-order valence-corrected chi connectivity index (χ0v) is 31.5. The fourth-order valence-electron chi connectivity index (χ4n) is 7.65. The van der Waals surface area contributed by atoms with Crippen molar-refractivity contribution < 1.29 is 10.2 Å². The minimum atomic E-state index is -0.0737. The third-order valence-electron chi connectivity index (χ3n) is 10.5. The molecule has 2 aliphatic carbocycles. The first-order valence-corrected chi connectivity index (χ1v) is 17.8. The molecule has 0 spiro atoms. The lowest BCUT2D eigenvalue weighted by molar-refractivity contribution is 0.0871. The summed E-state index contributed by atoms with van der Waals surface area (Å²) >= 11 is 0. The molecule has 0 heterocycles. The molecule has 4 atom stereocenters. The zero-order chi connectivity index (χ0) is 34.4. The van der Waals surface area contributed by atoms with Crippen LogP contribution in [0.25, 0.3) is 0 Å². The molecule has 47 heavy (non-hydrogen) atoms. The first-order valence-electron chi connectivity index (χ1n) is 17.8. The Kier molecular flexibility index (Phi) is 15.3. The molecule has 0 amide bonds. The first-order chi connectivity index (χ1) is 21.4. The molecule has 0 radical (unpaired) electrons. The van der Waals surface area contributed by atoms with Gasteiger partial charge in [-0.05, 0) is 96.0 Å². The molecule has 0 aromatic heterocycles. The molecule has 2 aromatic carbocycles. The van der Waals surface area contributed by atoms with E-state index in [9.17, 15) is 10.2 Å². The molecule has 4 rings (SSSR count). The van der Waals surface area contributed by atoms with Crippen LogP contribution in [0.15, 0.2) is 36.4 Å². The number of benzene rings is 2. The second-order valence-corrected chi connectivity index (χ2v) is 16.8. The Balaban J connectivity index is 0.000000338. The van der Waals surface area contributed by atoms with Crippen LogP contribution in [-0.4, -0.2) is 96.3 Å². The Labute approximate surface area is 290 Å². The van der Waals surface area contributed by atoms with Gasteiger partial charge in [-0.15, -0.1) is 0 Å². The summed E-state index contributed by atoms with van der Waals surface area (Å²) in [7, 11) is 13.2.